The van der Waals surface area contributed by atoms with Crippen LogP contribution in [0.1, 0.15) is 23.7 Å². The average Bonchev–Trinajstić information content (AvgIpc) is 2.69. The Labute approximate surface area is 160 Å². The summed E-state index contributed by atoms with van der Waals surface area (Å²) < 4.78 is 46.5. The van der Waals surface area contributed by atoms with Crippen LogP contribution in [-0.2, 0) is 16.1 Å². The van der Waals surface area contributed by atoms with Gasteiger partial charge in [-0.25, -0.2) is 13.2 Å². The maximum atomic E-state index is 13.8. The number of amides is 1. The van der Waals surface area contributed by atoms with Crippen molar-refractivity contribution >= 4 is 11.6 Å². The van der Waals surface area contributed by atoms with Crippen LogP contribution in [0.3, 0.4) is 0 Å². The molecule has 0 heterocycles. The third-order valence-corrected chi connectivity index (χ3v) is 4.11. The molecule has 28 heavy (non-hydrogen) atoms. The number of hydrogen-bond donors (Lipinski definition) is 1. The maximum Gasteiger partial charge on any atom is 0.227 e. The van der Waals surface area contributed by atoms with Gasteiger partial charge in [-0.05, 0) is 11.1 Å². The van der Waals surface area contributed by atoms with E-state index in [0.717, 1.165) is 11.1 Å². The molecule has 144 valence electrons. The molecular formula is C22H18F3NO2. The molecule has 0 aromatic heterocycles. The Morgan fingerprint density at radius 3 is 2.07 bits per heavy atom. The summed E-state index contributed by atoms with van der Waals surface area (Å²) in [6, 6.07) is 19.5. The van der Waals surface area contributed by atoms with E-state index < -0.39 is 35.2 Å². The van der Waals surface area contributed by atoms with Gasteiger partial charge >= 0.3 is 0 Å². The van der Waals surface area contributed by atoms with Crippen molar-refractivity contribution in [3.8, 4) is 0 Å². The van der Waals surface area contributed by atoms with E-state index in [-0.39, 0.29) is 13.0 Å². The zero-order chi connectivity index (χ0) is 19.9. The largest absolute Gasteiger partial charge is 0.368 e. The number of nitrogens with one attached hydrogen (secondary N) is 1. The SMILES string of the molecule is O=C(CC(OCc1ccccc1)c1ccccc1)Nc1c(F)cc(F)cc1F. The van der Waals surface area contributed by atoms with Gasteiger partial charge in [-0.15, -0.1) is 0 Å². The number of ether oxygens (including phenoxy) is 1. The summed E-state index contributed by atoms with van der Waals surface area (Å²) in [4.78, 5) is 12.4. The fraction of sp³-hybridized carbons (Fsp3) is 0.136. The highest BCUT2D eigenvalue weighted by molar-refractivity contribution is 5.91. The molecular weight excluding hydrogens is 367 g/mol. The third kappa shape index (κ3) is 5.20. The minimum atomic E-state index is -1.17. The standard InChI is InChI=1S/C22H18F3NO2/c23-17-11-18(24)22(19(25)12-17)26-21(27)13-20(16-9-5-2-6-10-16)28-14-15-7-3-1-4-8-15/h1-12,20H,13-14H2,(H,26,27). The molecule has 0 aliphatic rings. The summed E-state index contributed by atoms with van der Waals surface area (Å²) in [5, 5.41) is 2.17. The lowest BCUT2D eigenvalue weighted by Gasteiger charge is -2.18. The quantitative estimate of drug-likeness (QED) is 0.592. The first-order valence-corrected chi connectivity index (χ1v) is 8.68. The number of anilines is 1. The fourth-order valence-corrected chi connectivity index (χ4v) is 2.73. The molecule has 0 aliphatic carbocycles. The van der Waals surface area contributed by atoms with Gasteiger partial charge in [0.15, 0.2) is 11.6 Å². The van der Waals surface area contributed by atoms with Crippen LogP contribution in [0.2, 0.25) is 0 Å². The van der Waals surface area contributed by atoms with Gasteiger partial charge in [0.2, 0.25) is 5.91 Å². The monoisotopic (exact) mass is 385 g/mol. The molecule has 3 aromatic rings. The molecule has 0 aliphatic heterocycles. The van der Waals surface area contributed by atoms with E-state index in [4.69, 9.17) is 4.74 Å². The second kappa shape index (κ2) is 9.19. The molecule has 0 bridgehead atoms. The van der Waals surface area contributed by atoms with Crippen molar-refractivity contribution in [2.45, 2.75) is 19.1 Å². The normalized spacial score (nSPS) is 11.8. The molecule has 3 aromatic carbocycles. The minimum Gasteiger partial charge on any atom is -0.368 e. The van der Waals surface area contributed by atoms with Crippen molar-refractivity contribution < 1.29 is 22.7 Å². The first kappa shape index (κ1) is 19.6. The van der Waals surface area contributed by atoms with Crippen molar-refractivity contribution in [3.63, 3.8) is 0 Å². The van der Waals surface area contributed by atoms with E-state index in [9.17, 15) is 18.0 Å². The van der Waals surface area contributed by atoms with Crippen LogP contribution in [0.25, 0.3) is 0 Å². The summed E-state index contributed by atoms with van der Waals surface area (Å²) in [5.41, 5.74) is 1.01. The van der Waals surface area contributed by atoms with Crippen molar-refractivity contribution in [3.05, 3.63) is 101 Å². The lowest BCUT2D eigenvalue weighted by Crippen LogP contribution is -2.19. The second-order valence-corrected chi connectivity index (χ2v) is 6.19. The van der Waals surface area contributed by atoms with Crippen LogP contribution in [0.4, 0.5) is 18.9 Å². The van der Waals surface area contributed by atoms with E-state index >= 15 is 0 Å². The highest BCUT2D eigenvalue weighted by Crippen LogP contribution is 2.25. The molecule has 1 amide bonds. The van der Waals surface area contributed by atoms with Crippen molar-refractivity contribution in [2.75, 3.05) is 5.32 Å². The van der Waals surface area contributed by atoms with Crippen LogP contribution < -0.4 is 5.32 Å². The van der Waals surface area contributed by atoms with Crippen LogP contribution in [0.5, 0.6) is 0 Å². The molecule has 1 N–H and O–H groups in total. The lowest BCUT2D eigenvalue weighted by atomic mass is 10.1. The van der Waals surface area contributed by atoms with E-state index in [0.29, 0.717) is 12.1 Å². The Morgan fingerprint density at radius 1 is 0.893 bits per heavy atom. The lowest BCUT2D eigenvalue weighted by molar-refractivity contribution is -0.119. The fourth-order valence-electron chi connectivity index (χ4n) is 2.73. The molecule has 1 unspecified atom stereocenters. The molecule has 3 nitrogen and oxygen atoms in total. The van der Waals surface area contributed by atoms with Gasteiger partial charge in [0.05, 0.1) is 19.1 Å². The molecule has 0 saturated heterocycles. The minimum absolute atomic E-state index is 0.160. The van der Waals surface area contributed by atoms with Gasteiger partial charge in [-0.3, -0.25) is 4.79 Å². The zero-order valence-electron chi connectivity index (χ0n) is 14.9. The molecule has 6 heteroatoms. The first-order valence-electron chi connectivity index (χ1n) is 8.68. The third-order valence-electron chi connectivity index (χ3n) is 4.11. The van der Waals surface area contributed by atoms with Crippen LogP contribution >= 0.6 is 0 Å². The van der Waals surface area contributed by atoms with Gasteiger partial charge in [-0.2, -0.15) is 0 Å². The average molecular weight is 385 g/mol. The van der Waals surface area contributed by atoms with E-state index in [1.165, 1.54) is 0 Å². The van der Waals surface area contributed by atoms with E-state index in [2.05, 4.69) is 5.32 Å². The molecule has 1 atom stereocenters. The van der Waals surface area contributed by atoms with Gasteiger partial charge in [0, 0.05) is 12.1 Å². The molecule has 0 radical (unpaired) electrons. The van der Waals surface area contributed by atoms with Crippen molar-refractivity contribution in [1.29, 1.82) is 0 Å². The maximum absolute atomic E-state index is 13.8. The zero-order valence-corrected chi connectivity index (χ0v) is 14.9. The van der Waals surface area contributed by atoms with Crippen LogP contribution in [0.15, 0.2) is 72.8 Å². The Bertz CT molecular complexity index is 910. The van der Waals surface area contributed by atoms with E-state index in [1.54, 1.807) is 0 Å². The summed E-state index contributed by atoms with van der Waals surface area (Å²) in [5.74, 6) is -4.05. The number of carbonyl (C=O) groups is 1. The van der Waals surface area contributed by atoms with Crippen LogP contribution in [-0.4, -0.2) is 5.91 Å². The smallest absolute Gasteiger partial charge is 0.227 e. The predicted molar refractivity (Wildman–Crippen MR) is 100.0 cm³/mol. The first-order chi connectivity index (χ1) is 13.5. The topological polar surface area (TPSA) is 38.3 Å². The van der Waals surface area contributed by atoms with Crippen molar-refractivity contribution in [1.82, 2.24) is 0 Å². The summed E-state index contributed by atoms with van der Waals surface area (Å²) in [6.45, 7) is 0.271. The van der Waals surface area contributed by atoms with E-state index in [1.807, 2.05) is 60.7 Å². The van der Waals surface area contributed by atoms with Crippen molar-refractivity contribution in [2.24, 2.45) is 0 Å². The molecule has 0 spiro atoms. The Morgan fingerprint density at radius 2 is 1.46 bits per heavy atom. The molecule has 0 saturated carbocycles. The van der Waals surface area contributed by atoms with Gasteiger partial charge < -0.3 is 10.1 Å². The molecule has 0 fully saturated rings. The Hall–Kier alpha value is -3.12. The number of benzene rings is 3. The number of rotatable bonds is 7. The predicted octanol–water partition coefficient (Wildman–Crippen LogP) is 5.39. The highest BCUT2D eigenvalue weighted by Gasteiger charge is 2.20. The second-order valence-electron chi connectivity index (χ2n) is 6.19. The molecule has 3 rings (SSSR count). The highest BCUT2D eigenvalue weighted by atomic mass is 19.1. The van der Waals surface area contributed by atoms with Gasteiger partial charge in [-0.1, -0.05) is 60.7 Å². The summed E-state index contributed by atoms with van der Waals surface area (Å²) in [6.07, 6.45) is -0.777. The van der Waals surface area contributed by atoms with Gasteiger partial charge in [0.25, 0.3) is 0 Å². The number of halogens is 3. The summed E-state index contributed by atoms with van der Waals surface area (Å²) >= 11 is 0. The number of carbonyl (C=O) groups excluding carboxylic acids is 1. The van der Waals surface area contributed by atoms with Crippen LogP contribution in [0, 0.1) is 17.5 Å². The Kier molecular flexibility index (Phi) is 6.45. The number of hydrogen-bond acceptors (Lipinski definition) is 2. The summed E-state index contributed by atoms with van der Waals surface area (Å²) in [7, 11) is 0. The van der Waals surface area contributed by atoms with Gasteiger partial charge in [0.1, 0.15) is 11.5 Å². The Balaban J connectivity index is 1.73.